The van der Waals surface area contributed by atoms with Crippen molar-refractivity contribution < 1.29 is 37.0 Å². The summed E-state index contributed by atoms with van der Waals surface area (Å²) in [6.07, 6.45) is -3.51. The summed E-state index contributed by atoms with van der Waals surface area (Å²) in [5.41, 5.74) is -0.931. The Balaban J connectivity index is 1.53. The van der Waals surface area contributed by atoms with Gasteiger partial charge in [-0.2, -0.15) is 13.2 Å². The van der Waals surface area contributed by atoms with E-state index in [0.29, 0.717) is 30.8 Å². The number of rotatable bonds is 9. The van der Waals surface area contributed by atoms with E-state index in [0.717, 1.165) is 21.5 Å². The van der Waals surface area contributed by atoms with Crippen molar-refractivity contribution in [1.29, 1.82) is 0 Å². The molecule has 2 heterocycles. The first kappa shape index (κ1) is 35.6. The summed E-state index contributed by atoms with van der Waals surface area (Å²) in [7, 11) is 0. The number of halogens is 6. The van der Waals surface area contributed by atoms with Crippen LogP contribution in [0.4, 0.5) is 13.2 Å². The number of allylic oxidation sites excluding steroid dienone is 1. The highest BCUT2D eigenvalue weighted by atomic mass is 79.9. The van der Waals surface area contributed by atoms with E-state index in [-0.39, 0.29) is 34.7 Å². The van der Waals surface area contributed by atoms with Gasteiger partial charge in [-0.1, -0.05) is 47.2 Å². The number of thiazole rings is 1. The fourth-order valence-corrected chi connectivity index (χ4v) is 7.44. The number of fused-ring (bicyclic) bond motifs is 1. The number of alkyl halides is 3. The van der Waals surface area contributed by atoms with Gasteiger partial charge in [-0.3, -0.25) is 9.36 Å². The van der Waals surface area contributed by atoms with E-state index in [9.17, 15) is 27.6 Å². The highest BCUT2D eigenvalue weighted by Crippen LogP contribution is 2.39. The molecule has 0 unspecified atom stereocenters. The Morgan fingerprint density at radius 2 is 1.58 bits per heavy atom. The molecule has 0 spiro atoms. The largest absolute Gasteiger partial charge is 0.487 e. The summed E-state index contributed by atoms with van der Waals surface area (Å²) in [4.78, 5) is 42.3. The van der Waals surface area contributed by atoms with Gasteiger partial charge in [0.2, 0.25) is 0 Å². The van der Waals surface area contributed by atoms with E-state index in [1.165, 1.54) is 37.3 Å². The van der Waals surface area contributed by atoms with E-state index in [1.54, 1.807) is 43.3 Å². The molecular weight excluding hydrogens is 805 g/mol. The highest BCUT2D eigenvalue weighted by molar-refractivity contribution is 9.11. The fraction of sp³-hybridized carbons (Fsp3) is 0.212. The summed E-state index contributed by atoms with van der Waals surface area (Å²) in [6, 6.07) is 14.5. The molecular formula is C33H24Br2ClF3N2O6S. The van der Waals surface area contributed by atoms with Crippen LogP contribution >= 0.6 is 54.8 Å². The molecule has 250 valence electrons. The minimum atomic E-state index is -5.02. The highest BCUT2D eigenvalue weighted by Gasteiger charge is 2.45. The first-order valence-electron chi connectivity index (χ1n) is 14.3. The van der Waals surface area contributed by atoms with Crippen LogP contribution in [0.1, 0.15) is 46.9 Å². The Morgan fingerprint density at radius 3 is 2.17 bits per heavy atom. The molecule has 0 aliphatic carbocycles. The maximum Gasteiger partial charge on any atom is 0.434 e. The zero-order chi connectivity index (χ0) is 34.7. The fourth-order valence-electron chi connectivity index (χ4n) is 4.86. The van der Waals surface area contributed by atoms with E-state index in [1.807, 2.05) is 0 Å². The van der Waals surface area contributed by atoms with Crippen LogP contribution in [0.15, 0.2) is 90.7 Å². The zero-order valence-corrected chi connectivity index (χ0v) is 29.8. The van der Waals surface area contributed by atoms with Gasteiger partial charge >= 0.3 is 18.1 Å². The summed E-state index contributed by atoms with van der Waals surface area (Å²) < 4.78 is 61.3. The molecule has 0 amide bonds. The molecule has 0 N–H and O–H groups in total. The van der Waals surface area contributed by atoms with Crippen LogP contribution < -0.4 is 19.6 Å². The third kappa shape index (κ3) is 7.61. The standard InChI is InChI=1S/C33H24Br2ClF3N2O6S/c1-3-45-30(43)20-7-5-17(6-8-20)16-47-27-22(34)13-18(14-23(27)35)15-24-29(42)41-26(19-9-11-21(36)12-10-19)25(31(44)46-4-2)28(33(37,38)39)40-32(41)48-24/h5-15,26H,3-4,16H2,1-2H3/b24-15-/t26-/m0/s1. The molecule has 1 atom stereocenters. The van der Waals surface area contributed by atoms with Gasteiger partial charge in [0.1, 0.15) is 12.4 Å². The predicted molar refractivity (Wildman–Crippen MR) is 181 cm³/mol. The van der Waals surface area contributed by atoms with Gasteiger partial charge in [0, 0.05) is 5.02 Å². The maximum atomic E-state index is 14.4. The second kappa shape index (κ2) is 14.8. The van der Waals surface area contributed by atoms with Crippen molar-refractivity contribution in [1.82, 2.24) is 4.57 Å². The Morgan fingerprint density at radius 1 is 0.979 bits per heavy atom. The van der Waals surface area contributed by atoms with Crippen molar-refractivity contribution >= 4 is 72.8 Å². The molecule has 4 aromatic rings. The van der Waals surface area contributed by atoms with Crippen molar-refractivity contribution in [3.63, 3.8) is 0 Å². The van der Waals surface area contributed by atoms with Crippen LogP contribution in [0.2, 0.25) is 5.02 Å². The third-order valence-corrected chi connectivity index (χ3v) is 9.36. The SMILES string of the molecule is CCOC(=O)C1=C(C(F)(F)F)N=c2s/c(=C\c3cc(Br)c(OCc4ccc(C(=O)OCC)cc4)c(Br)c3)c(=O)n2[C@H]1c1ccc(Cl)cc1. The number of nitrogens with zero attached hydrogens (tertiary/aromatic N) is 2. The van der Waals surface area contributed by atoms with E-state index >= 15 is 0 Å². The van der Waals surface area contributed by atoms with Gasteiger partial charge < -0.3 is 14.2 Å². The number of hydrogen-bond donors (Lipinski definition) is 0. The summed E-state index contributed by atoms with van der Waals surface area (Å²) in [5.74, 6) is -1.19. The molecule has 1 aliphatic heterocycles. The Kier molecular flexibility index (Phi) is 11.0. The zero-order valence-electron chi connectivity index (χ0n) is 25.1. The van der Waals surface area contributed by atoms with Gasteiger partial charge in [0.25, 0.3) is 5.56 Å². The first-order chi connectivity index (χ1) is 22.8. The second-order valence-corrected chi connectivity index (χ2v) is 13.3. The Hall–Kier alpha value is -3.72. The lowest BCUT2D eigenvalue weighted by molar-refractivity contribution is -0.140. The lowest BCUT2D eigenvalue weighted by Crippen LogP contribution is -2.41. The molecule has 5 rings (SSSR count). The number of esters is 2. The molecule has 0 radical (unpaired) electrons. The molecule has 0 fully saturated rings. The van der Waals surface area contributed by atoms with E-state index in [2.05, 4.69) is 36.9 Å². The van der Waals surface area contributed by atoms with Gasteiger partial charge in [-0.25, -0.2) is 14.6 Å². The minimum absolute atomic E-state index is 0.0773. The van der Waals surface area contributed by atoms with Crippen LogP contribution in [0, 0.1) is 0 Å². The number of carbonyl (C=O) groups is 2. The van der Waals surface area contributed by atoms with Crippen molar-refractivity contribution in [3.05, 3.63) is 128 Å². The van der Waals surface area contributed by atoms with Gasteiger partial charge in [0.05, 0.1) is 43.9 Å². The predicted octanol–water partition coefficient (Wildman–Crippen LogP) is 7.27. The molecule has 8 nitrogen and oxygen atoms in total. The van der Waals surface area contributed by atoms with Crippen molar-refractivity contribution in [2.45, 2.75) is 32.7 Å². The lowest BCUT2D eigenvalue weighted by atomic mass is 9.95. The van der Waals surface area contributed by atoms with Gasteiger partial charge in [0.15, 0.2) is 10.5 Å². The topological polar surface area (TPSA) is 96.2 Å². The Labute approximate surface area is 297 Å². The monoisotopic (exact) mass is 826 g/mol. The quantitative estimate of drug-likeness (QED) is 0.165. The van der Waals surface area contributed by atoms with E-state index in [4.69, 9.17) is 25.8 Å². The Bertz CT molecular complexity index is 2070. The molecule has 15 heteroatoms. The summed E-state index contributed by atoms with van der Waals surface area (Å²) in [5, 5.41) is 0.319. The van der Waals surface area contributed by atoms with E-state index < -0.39 is 41.0 Å². The van der Waals surface area contributed by atoms with Crippen molar-refractivity contribution in [2.75, 3.05) is 13.2 Å². The molecule has 0 saturated heterocycles. The van der Waals surface area contributed by atoms with Crippen LogP contribution in [0.25, 0.3) is 6.08 Å². The molecule has 3 aromatic carbocycles. The second-order valence-electron chi connectivity index (χ2n) is 10.1. The summed E-state index contributed by atoms with van der Waals surface area (Å²) in [6.45, 7) is 3.46. The molecule has 48 heavy (non-hydrogen) atoms. The number of benzene rings is 3. The van der Waals surface area contributed by atoms with Crippen LogP contribution in [0.3, 0.4) is 0 Å². The molecule has 0 bridgehead atoms. The average molecular weight is 829 g/mol. The van der Waals surface area contributed by atoms with Crippen molar-refractivity contribution in [3.8, 4) is 5.75 Å². The van der Waals surface area contributed by atoms with Crippen LogP contribution in [-0.4, -0.2) is 35.9 Å². The first-order valence-corrected chi connectivity index (χ1v) is 17.0. The molecule has 0 saturated carbocycles. The maximum absolute atomic E-state index is 14.4. The van der Waals surface area contributed by atoms with Gasteiger partial charge in [-0.05, 0) is 105 Å². The number of hydrogen-bond acceptors (Lipinski definition) is 8. The molecule has 1 aromatic heterocycles. The lowest BCUT2D eigenvalue weighted by Gasteiger charge is -2.26. The van der Waals surface area contributed by atoms with Gasteiger partial charge in [-0.15, -0.1) is 0 Å². The normalized spacial score (nSPS) is 14.8. The number of aromatic nitrogens is 1. The number of carbonyl (C=O) groups excluding carboxylic acids is 2. The van der Waals surface area contributed by atoms with Crippen LogP contribution in [0.5, 0.6) is 5.75 Å². The van der Waals surface area contributed by atoms with Crippen LogP contribution in [-0.2, 0) is 20.9 Å². The smallest absolute Gasteiger partial charge is 0.434 e. The van der Waals surface area contributed by atoms with Crippen molar-refractivity contribution in [2.24, 2.45) is 4.99 Å². The average Bonchev–Trinajstić information content (AvgIpc) is 3.34. The molecule has 1 aliphatic rings. The number of ether oxygens (including phenoxy) is 3. The third-order valence-electron chi connectivity index (χ3n) is 6.95. The summed E-state index contributed by atoms with van der Waals surface area (Å²) >= 11 is 13.8. The minimum Gasteiger partial charge on any atom is -0.487 e.